The van der Waals surface area contributed by atoms with E-state index in [1.807, 2.05) is 6.92 Å². The summed E-state index contributed by atoms with van der Waals surface area (Å²) in [6.07, 6.45) is 2.19. The number of H-pyrrole nitrogens is 1. The standard InChI is InChI=1S/C15H18N2O2/c1-9-4-5-10(2)12(6-9)13-8-16-14(17-13)7-11(3)15(18)19/h4-6,8,11H,7H2,1-3H3,(H,16,17)(H,18,19). The van der Waals surface area contributed by atoms with Gasteiger partial charge in [-0.1, -0.05) is 24.6 Å². The lowest BCUT2D eigenvalue weighted by Crippen LogP contribution is -2.12. The fraction of sp³-hybridized carbons (Fsp3) is 0.333. The number of benzene rings is 1. The molecule has 0 saturated heterocycles. The Bertz CT molecular complexity index is 602. The summed E-state index contributed by atoms with van der Waals surface area (Å²) in [5, 5.41) is 8.91. The van der Waals surface area contributed by atoms with E-state index in [-0.39, 0.29) is 0 Å². The van der Waals surface area contributed by atoms with E-state index in [1.54, 1.807) is 13.1 Å². The second-order valence-corrected chi connectivity index (χ2v) is 5.01. The van der Waals surface area contributed by atoms with Crippen LogP contribution in [0.25, 0.3) is 11.3 Å². The summed E-state index contributed by atoms with van der Waals surface area (Å²) in [5.41, 5.74) is 4.42. The molecule has 2 rings (SSSR count). The Morgan fingerprint density at radius 2 is 2.16 bits per heavy atom. The summed E-state index contributed by atoms with van der Waals surface area (Å²) >= 11 is 0. The molecule has 4 heteroatoms. The van der Waals surface area contributed by atoms with Gasteiger partial charge in [0.25, 0.3) is 0 Å². The van der Waals surface area contributed by atoms with E-state index < -0.39 is 11.9 Å². The van der Waals surface area contributed by atoms with Crippen LogP contribution in [0.15, 0.2) is 24.4 Å². The molecule has 2 N–H and O–H groups in total. The Hall–Kier alpha value is -2.10. The van der Waals surface area contributed by atoms with E-state index in [2.05, 4.69) is 35.1 Å². The van der Waals surface area contributed by atoms with Gasteiger partial charge in [-0.3, -0.25) is 4.79 Å². The van der Waals surface area contributed by atoms with Crippen molar-refractivity contribution in [2.75, 3.05) is 0 Å². The zero-order valence-electron chi connectivity index (χ0n) is 11.4. The van der Waals surface area contributed by atoms with Gasteiger partial charge >= 0.3 is 5.97 Å². The number of nitrogens with zero attached hydrogens (tertiary/aromatic N) is 1. The second-order valence-electron chi connectivity index (χ2n) is 5.01. The van der Waals surface area contributed by atoms with Gasteiger partial charge in [0.15, 0.2) is 0 Å². The quantitative estimate of drug-likeness (QED) is 0.886. The largest absolute Gasteiger partial charge is 0.481 e. The third-order valence-electron chi connectivity index (χ3n) is 3.23. The molecule has 0 aliphatic rings. The molecule has 0 bridgehead atoms. The first-order valence-electron chi connectivity index (χ1n) is 6.31. The van der Waals surface area contributed by atoms with E-state index in [0.717, 1.165) is 11.3 Å². The second kappa shape index (κ2) is 5.26. The molecule has 0 fully saturated rings. The van der Waals surface area contributed by atoms with Gasteiger partial charge in [-0.25, -0.2) is 4.98 Å². The fourth-order valence-corrected chi connectivity index (χ4v) is 2.01. The predicted molar refractivity (Wildman–Crippen MR) is 74.0 cm³/mol. The lowest BCUT2D eigenvalue weighted by Gasteiger charge is -2.05. The van der Waals surface area contributed by atoms with Crippen molar-refractivity contribution in [2.45, 2.75) is 27.2 Å². The van der Waals surface area contributed by atoms with Gasteiger partial charge in [0, 0.05) is 12.0 Å². The molecule has 0 spiro atoms. The zero-order valence-corrected chi connectivity index (χ0v) is 11.4. The van der Waals surface area contributed by atoms with E-state index in [9.17, 15) is 4.79 Å². The van der Waals surface area contributed by atoms with Crippen LogP contribution < -0.4 is 0 Å². The van der Waals surface area contributed by atoms with Crippen molar-refractivity contribution in [2.24, 2.45) is 5.92 Å². The Labute approximate surface area is 112 Å². The summed E-state index contributed by atoms with van der Waals surface area (Å²) in [7, 11) is 0. The normalized spacial score (nSPS) is 12.4. The van der Waals surface area contributed by atoms with Crippen molar-refractivity contribution in [1.29, 1.82) is 0 Å². The number of aromatic nitrogens is 2. The summed E-state index contributed by atoms with van der Waals surface area (Å²) < 4.78 is 0. The number of hydrogen-bond donors (Lipinski definition) is 2. The maximum atomic E-state index is 10.8. The molecule has 1 unspecified atom stereocenters. The highest BCUT2D eigenvalue weighted by Crippen LogP contribution is 2.23. The Balaban J connectivity index is 2.26. The molecule has 1 heterocycles. The molecule has 1 aromatic heterocycles. The number of hydrogen-bond acceptors (Lipinski definition) is 2. The summed E-state index contributed by atoms with van der Waals surface area (Å²) in [6, 6.07) is 6.25. The monoisotopic (exact) mass is 258 g/mol. The van der Waals surface area contributed by atoms with Crippen LogP contribution in [-0.4, -0.2) is 21.0 Å². The minimum absolute atomic E-state index is 0.417. The van der Waals surface area contributed by atoms with Crippen LogP contribution >= 0.6 is 0 Å². The molecule has 19 heavy (non-hydrogen) atoms. The Kier molecular flexibility index (Phi) is 3.69. The Morgan fingerprint density at radius 1 is 1.42 bits per heavy atom. The zero-order chi connectivity index (χ0) is 14.0. The SMILES string of the molecule is Cc1ccc(C)c(-c2cnc(CC(C)C(=O)O)[nH]2)c1. The van der Waals surface area contributed by atoms with Crippen LogP contribution in [0.3, 0.4) is 0 Å². The highest BCUT2D eigenvalue weighted by atomic mass is 16.4. The third kappa shape index (κ3) is 3.02. The van der Waals surface area contributed by atoms with Gasteiger partial charge in [0.1, 0.15) is 5.82 Å². The van der Waals surface area contributed by atoms with E-state index >= 15 is 0 Å². The first-order valence-corrected chi connectivity index (χ1v) is 6.31. The van der Waals surface area contributed by atoms with Gasteiger partial charge in [0.2, 0.25) is 0 Å². The first-order chi connectivity index (χ1) is 8.97. The number of aryl methyl sites for hydroxylation is 2. The number of rotatable bonds is 4. The number of imidazole rings is 1. The molecule has 1 aromatic carbocycles. The highest BCUT2D eigenvalue weighted by molar-refractivity contribution is 5.70. The maximum absolute atomic E-state index is 10.8. The van der Waals surface area contributed by atoms with E-state index in [0.29, 0.717) is 12.2 Å². The summed E-state index contributed by atoms with van der Waals surface area (Å²) in [5.74, 6) is -0.520. The number of aromatic amines is 1. The van der Waals surface area contributed by atoms with Crippen LogP contribution in [0.2, 0.25) is 0 Å². The average Bonchev–Trinajstić information content (AvgIpc) is 2.80. The Morgan fingerprint density at radius 3 is 2.84 bits per heavy atom. The summed E-state index contributed by atoms with van der Waals surface area (Å²) in [4.78, 5) is 18.3. The van der Waals surface area contributed by atoms with Crippen LogP contribution in [-0.2, 0) is 11.2 Å². The van der Waals surface area contributed by atoms with Crippen molar-refractivity contribution in [1.82, 2.24) is 9.97 Å². The molecule has 1 atom stereocenters. The van der Waals surface area contributed by atoms with Gasteiger partial charge in [-0.15, -0.1) is 0 Å². The molecule has 0 amide bonds. The smallest absolute Gasteiger partial charge is 0.306 e. The number of aliphatic carboxylic acids is 1. The molecular formula is C15H18N2O2. The van der Waals surface area contributed by atoms with Gasteiger partial charge in [0.05, 0.1) is 17.8 Å². The molecule has 2 aromatic rings. The minimum Gasteiger partial charge on any atom is -0.481 e. The van der Waals surface area contributed by atoms with Gasteiger partial charge < -0.3 is 10.1 Å². The van der Waals surface area contributed by atoms with E-state index in [1.165, 1.54) is 11.1 Å². The van der Waals surface area contributed by atoms with Gasteiger partial charge in [-0.05, 0) is 25.5 Å². The average molecular weight is 258 g/mol. The fourth-order valence-electron chi connectivity index (χ4n) is 2.01. The van der Waals surface area contributed by atoms with Crippen LogP contribution in [0.1, 0.15) is 23.9 Å². The molecule has 100 valence electrons. The lowest BCUT2D eigenvalue weighted by molar-refractivity contribution is -0.141. The van der Waals surface area contributed by atoms with Crippen LogP contribution in [0.4, 0.5) is 0 Å². The third-order valence-corrected chi connectivity index (χ3v) is 3.23. The lowest BCUT2D eigenvalue weighted by atomic mass is 10.0. The molecular weight excluding hydrogens is 240 g/mol. The highest BCUT2D eigenvalue weighted by Gasteiger charge is 2.14. The first kappa shape index (κ1) is 13.3. The minimum atomic E-state index is -0.801. The van der Waals surface area contributed by atoms with Crippen LogP contribution in [0, 0.1) is 19.8 Å². The topological polar surface area (TPSA) is 66.0 Å². The molecule has 0 aliphatic carbocycles. The number of carboxylic acids is 1. The number of carbonyl (C=O) groups is 1. The molecule has 0 radical (unpaired) electrons. The predicted octanol–water partition coefficient (Wildman–Crippen LogP) is 2.96. The van der Waals surface area contributed by atoms with Crippen molar-refractivity contribution in [3.05, 3.63) is 41.3 Å². The van der Waals surface area contributed by atoms with Crippen molar-refractivity contribution in [3.8, 4) is 11.3 Å². The van der Waals surface area contributed by atoms with Crippen LogP contribution in [0.5, 0.6) is 0 Å². The van der Waals surface area contributed by atoms with Crippen molar-refractivity contribution in [3.63, 3.8) is 0 Å². The molecule has 0 saturated carbocycles. The van der Waals surface area contributed by atoms with Crippen molar-refractivity contribution >= 4 is 5.97 Å². The molecule has 0 aliphatic heterocycles. The van der Waals surface area contributed by atoms with E-state index in [4.69, 9.17) is 5.11 Å². The molecule has 4 nitrogen and oxygen atoms in total. The van der Waals surface area contributed by atoms with Crippen molar-refractivity contribution < 1.29 is 9.90 Å². The summed E-state index contributed by atoms with van der Waals surface area (Å²) in [6.45, 7) is 5.78. The maximum Gasteiger partial charge on any atom is 0.306 e. The number of carboxylic acid groups (broad SMARTS) is 1. The number of nitrogens with one attached hydrogen (secondary N) is 1. The van der Waals surface area contributed by atoms with Gasteiger partial charge in [-0.2, -0.15) is 0 Å².